The Morgan fingerprint density at radius 2 is 1.69 bits per heavy atom. The summed E-state index contributed by atoms with van der Waals surface area (Å²) in [5, 5.41) is 8.82. The molecule has 154 valence electrons. The first kappa shape index (κ1) is 19.6. The van der Waals surface area contributed by atoms with E-state index in [1.807, 2.05) is 11.0 Å². The second-order valence-electron chi connectivity index (χ2n) is 8.99. The van der Waals surface area contributed by atoms with E-state index in [-0.39, 0.29) is 23.7 Å². The third-order valence-corrected chi connectivity index (χ3v) is 5.76. The van der Waals surface area contributed by atoms with Crippen molar-refractivity contribution in [1.82, 2.24) is 15.1 Å². The summed E-state index contributed by atoms with van der Waals surface area (Å²) in [6.07, 6.45) is 0. The number of halogens is 1. The lowest BCUT2D eigenvalue weighted by atomic mass is 9.92. The van der Waals surface area contributed by atoms with E-state index in [1.54, 1.807) is 0 Å². The SMILES string of the molecule is CC(C)(C)c1ccc(N2CC3CN(C(=O)COc4ccc(F)cc4)CC3C2)nn1. The minimum absolute atomic E-state index is 0.0100. The highest BCUT2D eigenvalue weighted by Crippen LogP contribution is 2.33. The zero-order chi connectivity index (χ0) is 20.6. The molecule has 1 amide bonds. The van der Waals surface area contributed by atoms with Crippen LogP contribution in [0.25, 0.3) is 0 Å². The summed E-state index contributed by atoms with van der Waals surface area (Å²) in [4.78, 5) is 16.6. The smallest absolute Gasteiger partial charge is 0.260 e. The number of ether oxygens (including phenoxy) is 1. The van der Waals surface area contributed by atoms with E-state index < -0.39 is 0 Å². The first-order valence-corrected chi connectivity index (χ1v) is 10.0. The van der Waals surface area contributed by atoms with Gasteiger partial charge in [0.2, 0.25) is 0 Å². The maximum atomic E-state index is 12.9. The molecule has 0 N–H and O–H groups in total. The molecule has 29 heavy (non-hydrogen) atoms. The lowest BCUT2D eigenvalue weighted by Gasteiger charge is -2.23. The molecule has 2 aliphatic rings. The van der Waals surface area contributed by atoms with Crippen LogP contribution in [0, 0.1) is 17.7 Å². The topological polar surface area (TPSA) is 58.6 Å². The van der Waals surface area contributed by atoms with Gasteiger partial charge in [-0.3, -0.25) is 4.79 Å². The van der Waals surface area contributed by atoms with Crippen LogP contribution in [0.5, 0.6) is 5.75 Å². The molecule has 0 radical (unpaired) electrons. The minimum atomic E-state index is -0.321. The van der Waals surface area contributed by atoms with Crippen LogP contribution in [-0.2, 0) is 10.2 Å². The number of likely N-dealkylation sites (tertiary alicyclic amines) is 1. The number of hydrogen-bond acceptors (Lipinski definition) is 5. The van der Waals surface area contributed by atoms with E-state index in [1.165, 1.54) is 24.3 Å². The van der Waals surface area contributed by atoms with Gasteiger partial charge in [0.1, 0.15) is 11.6 Å². The van der Waals surface area contributed by atoms with Crippen molar-refractivity contribution in [3.63, 3.8) is 0 Å². The number of amides is 1. The predicted octanol–water partition coefficient (Wildman–Crippen LogP) is 2.89. The Labute approximate surface area is 170 Å². The summed E-state index contributed by atoms with van der Waals surface area (Å²) in [7, 11) is 0. The zero-order valence-corrected chi connectivity index (χ0v) is 17.1. The maximum Gasteiger partial charge on any atom is 0.260 e. The average Bonchev–Trinajstić information content (AvgIpc) is 3.26. The summed E-state index contributed by atoms with van der Waals surface area (Å²) in [5.41, 5.74) is 0.975. The lowest BCUT2D eigenvalue weighted by Crippen LogP contribution is -2.36. The van der Waals surface area contributed by atoms with E-state index in [2.05, 4.69) is 41.9 Å². The summed E-state index contributed by atoms with van der Waals surface area (Å²) in [5.74, 6) is 1.94. The number of aromatic nitrogens is 2. The molecule has 4 rings (SSSR count). The number of benzene rings is 1. The fourth-order valence-corrected chi connectivity index (χ4v) is 4.04. The Bertz CT molecular complexity index is 850. The normalized spacial score (nSPS) is 21.4. The van der Waals surface area contributed by atoms with Crippen molar-refractivity contribution in [2.45, 2.75) is 26.2 Å². The number of nitrogens with zero attached hydrogens (tertiary/aromatic N) is 4. The predicted molar refractivity (Wildman–Crippen MR) is 108 cm³/mol. The molecule has 2 saturated heterocycles. The highest BCUT2D eigenvalue weighted by Gasteiger charge is 2.42. The van der Waals surface area contributed by atoms with Gasteiger partial charge in [0.05, 0.1) is 5.69 Å². The molecule has 2 atom stereocenters. The molecule has 1 aromatic heterocycles. The van der Waals surface area contributed by atoms with E-state index in [0.717, 1.165) is 37.7 Å². The van der Waals surface area contributed by atoms with Gasteiger partial charge in [-0.1, -0.05) is 20.8 Å². The quantitative estimate of drug-likeness (QED) is 0.793. The van der Waals surface area contributed by atoms with Crippen LogP contribution >= 0.6 is 0 Å². The summed E-state index contributed by atoms with van der Waals surface area (Å²) in [6, 6.07) is 9.82. The Morgan fingerprint density at radius 3 is 2.24 bits per heavy atom. The Balaban J connectivity index is 1.29. The van der Waals surface area contributed by atoms with Gasteiger partial charge in [-0.05, 0) is 36.4 Å². The molecule has 1 aromatic carbocycles. The molecule has 0 aliphatic carbocycles. The monoisotopic (exact) mass is 398 g/mol. The van der Waals surface area contributed by atoms with Gasteiger partial charge in [0, 0.05) is 43.4 Å². The number of rotatable bonds is 4. The van der Waals surface area contributed by atoms with Gasteiger partial charge in [-0.2, -0.15) is 5.10 Å². The third-order valence-electron chi connectivity index (χ3n) is 5.76. The lowest BCUT2D eigenvalue weighted by molar-refractivity contribution is -0.132. The van der Waals surface area contributed by atoms with E-state index in [0.29, 0.717) is 17.6 Å². The highest BCUT2D eigenvalue weighted by atomic mass is 19.1. The third kappa shape index (κ3) is 4.33. The fourth-order valence-electron chi connectivity index (χ4n) is 4.04. The van der Waals surface area contributed by atoms with E-state index in [4.69, 9.17) is 4.74 Å². The van der Waals surface area contributed by atoms with Gasteiger partial charge in [-0.15, -0.1) is 5.10 Å². The van der Waals surface area contributed by atoms with Crippen LogP contribution < -0.4 is 9.64 Å². The molecule has 3 heterocycles. The van der Waals surface area contributed by atoms with Crippen LogP contribution in [0.3, 0.4) is 0 Å². The van der Waals surface area contributed by atoms with Crippen LogP contribution in [-0.4, -0.2) is 53.8 Å². The van der Waals surface area contributed by atoms with Gasteiger partial charge in [0.25, 0.3) is 5.91 Å². The molecule has 2 aromatic rings. The molecule has 2 unspecified atom stereocenters. The molecule has 0 bridgehead atoms. The molecule has 2 aliphatic heterocycles. The highest BCUT2D eigenvalue weighted by molar-refractivity contribution is 5.78. The van der Waals surface area contributed by atoms with Gasteiger partial charge < -0.3 is 14.5 Å². The molecule has 2 fully saturated rings. The van der Waals surface area contributed by atoms with Crippen molar-refractivity contribution in [3.8, 4) is 5.75 Å². The number of hydrogen-bond donors (Lipinski definition) is 0. The second kappa shape index (κ2) is 7.61. The van der Waals surface area contributed by atoms with Gasteiger partial charge >= 0.3 is 0 Å². The molecule has 0 saturated carbocycles. The standard InChI is InChI=1S/C22H27FN4O2/c1-22(2,3)19-8-9-20(25-24-19)26-10-15-12-27(13-16(15)11-26)21(28)14-29-18-6-4-17(23)5-7-18/h4-9,15-16H,10-14H2,1-3H3. The van der Waals surface area contributed by atoms with Crippen molar-refractivity contribution in [3.05, 3.63) is 47.9 Å². The van der Waals surface area contributed by atoms with Crippen molar-refractivity contribution < 1.29 is 13.9 Å². The largest absolute Gasteiger partial charge is 0.484 e. The number of fused-ring (bicyclic) bond motifs is 1. The Hall–Kier alpha value is -2.70. The van der Waals surface area contributed by atoms with Gasteiger partial charge in [0.15, 0.2) is 12.4 Å². The molecule has 7 heteroatoms. The Kier molecular flexibility index (Phi) is 5.15. The zero-order valence-electron chi connectivity index (χ0n) is 17.1. The van der Waals surface area contributed by atoms with Gasteiger partial charge in [-0.25, -0.2) is 4.39 Å². The first-order valence-electron chi connectivity index (χ1n) is 10.0. The van der Waals surface area contributed by atoms with Crippen molar-refractivity contribution in [1.29, 1.82) is 0 Å². The fraction of sp³-hybridized carbons (Fsp3) is 0.500. The summed E-state index contributed by atoms with van der Waals surface area (Å²) < 4.78 is 18.4. The van der Waals surface area contributed by atoms with Crippen LogP contribution in [0.1, 0.15) is 26.5 Å². The molecular formula is C22H27FN4O2. The Morgan fingerprint density at radius 1 is 1.03 bits per heavy atom. The number of carbonyl (C=O) groups excluding carboxylic acids is 1. The average molecular weight is 398 g/mol. The maximum absolute atomic E-state index is 12.9. The van der Waals surface area contributed by atoms with Crippen LogP contribution in [0.15, 0.2) is 36.4 Å². The van der Waals surface area contributed by atoms with E-state index in [9.17, 15) is 9.18 Å². The van der Waals surface area contributed by atoms with Crippen LogP contribution in [0.2, 0.25) is 0 Å². The molecule has 6 nitrogen and oxygen atoms in total. The molecule has 0 spiro atoms. The summed E-state index contributed by atoms with van der Waals surface area (Å²) >= 11 is 0. The van der Waals surface area contributed by atoms with Crippen LogP contribution in [0.4, 0.5) is 10.2 Å². The van der Waals surface area contributed by atoms with Crippen molar-refractivity contribution in [2.75, 3.05) is 37.7 Å². The molecular weight excluding hydrogens is 371 g/mol. The first-order chi connectivity index (χ1) is 13.8. The minimum Gasteiger partial charge on any atom is -0.484 e. The van der Waals surface area contributed by atoms with Crippen molar-refractivity contribution >= 4 is 11.7 Å². The number of carbonyl (C=O) groups is 1. The van der Waals surface area contributed by atoms with E-state index >= 15 is 0 Å². The van der Waals surface area contributed by atoms with Crippen molar-refractivity contribution in [2.24, 2.45) is 11.8 Å². The second-order valence-corrected chi connectivity index (χ2v) is 8.99. The number of anilines is 1. The summed E-state index contributed by atoms with van der Waals surface area (Å²) in [6.45, 7) is 9.61.